The van der Waals surface area contributed by atoms with Gasteiger partial charge < -0.3 is 15.4 Å². The van der Waals surface area contributed by atoms with E-state index >= 15 is 4.39 Å². The fourth-order valence-electron chi connectivity index (χ4n) is 4.58. The fourth-order valence-corrected chi connectivity index (χ4v) is 4.58. The molecular weight excluding hydrogens is 455 g/mol. The van der Waals surface area contributed by atoms with Crippen molar-refractivity contribution in [3.05, 3.63) is 60.7 Å². The molecule has 35 heavy (non-hydrogen) atoms. The number of cyclic esters (lactones) is 1. The smallest absolute Gasteiger partial charge is 0.414 e. The Morgan fingerprint density at radius 1 is 1.06 bits per heavy atom. The zero-order chi connectivity index (χ0) is 24.6. The third kappa shape index (κ3) is 3.95. The van der Waals surface area contributed by atoms with Crippen LogP contribution < -0.4 is 15.5 Å². The molecule has 3 unspecified atom stereocenters. The largest absolute Gasteiger partial charge is 0.441 e. The van der Waals surface area contributed by atoms with Gasteiger partial charge in [-0.05, 0) is 41.6 Å². The first-order valence-corrected chi connectivity index (χ1v) is 11.2. The van der Waals surface area contributed by atoms with Gasteiger partial charge in [-0.3, -0.25) is 14.6 Å². The molecule has 2 aliphatic rings. The van der Waals surface area contributed by atoms with Crippen LogP contribution in [0.4, 0.5) is 20.8 Å². The predicted octanol–water partition coefficient (Wildman–Crippen LogP) is 1.35. The molecule has 2 aliphatic heterocycles. The van der Waals surface area contributed by atoms with Crippen LogP contribution in [0.25, 0.3) is 5.69 Å². The Balaban J connectivity index is 1.36. The normalized spacial score (nSPS) is 22.6. The molecule has 2 saturated heterocycles. The molecule has 1 aromatic heterocycles. The van der Waals surface area contributed by atoms with E-state index in [1.165, 1.54) is 14.5 Å². The Morgan fingerprint density at radius 2 is 1.71 bits per heavy atom. The second-order valence-electron chi connectivity index (χ2n) is 8.63. The van der Waals surface area contributed by atoms with Gasteiger partial charge in [0.15, 0.2) is 6.30 Å². The molecule has 3 atom stereocenters. The lowest BCUT2D eigenvalue weighted by Crippen LogP contribution is -2.68. The van der Waals surface area contributed by atoms with Gasteiger partial charge in [0.25, 0.3) is 5.95 Å². The van der Waals surface area contributed by atoms with Crippen molar-refractivity contribution in [3.8, 4) is 5.69 Å². The summed E-state index contributed by atoms with van der Waals surface area (Å²) in [6.45, 7) is 2.03. The van der Waals surface area contributed by atoms with Crippen molar-refractivity contribution in [2.75, 3.05) is 36.0 Å². The molecule has 3 heterocycles. The number of carbonyl (C=O) groups is 2. The Morgan fingerprint density at radius 3 is 2.34 bits per heavy atom. The van der Waals surface area contributed by atoms with Crippen LogP contribution in [-0.2, 0) is 9.53 Å². The van der Waals surface area contributed by atoms with Crippen LogP contribution in [0.2, 0.25) is 0 Å². The van der Waals surface area contributed by atoms with Gasteiger partial charge in [-0.2, -0.15) is 4.68 Å². The third-order valence-corrected chi connectivity index (χ3v) is 6.69. The third-order valence-electron chi connectivity index (χ3n) is 6.69. The van der Waals surface area contributed by atoms with Gasteiger partial charge in [-0.15, -0.1) is 0 Å². The summed E-state index contributed by atoms with van der Waals surface area (Å²) in [5.74, 6) is -0.438. The van der Waals surface area contributed by atoms with Crippen LogP contribution in [-0.4, -0.2) is 81.2 Å². The second-order valence-corrected chi connectivity index (χ2v) is 8.63. The van der Waals surface area contributed by atoms with E-state index in [1.807, 2.05) is 36.4 Å². The Labute approximate surface area is 200 Å². The first kappa shape index (κ1) is 22.7. The van der Waals surface area contributed by atoms with Crippen LogP contribution >= 0.6 is 0 Å². The van der Waals surface area contributed by atoms with E-state index in [9.17, 15) is 9.59 Å². The number of piperazine rings is 1. The van der Waals surface area contributed by atoms with E-state index in [-0.39, 0.29) is 32.1 Å². The van der Waals surface area contributed by atoms with Crippen molar-refractivity contribution < 1.29 is 18.7 Å². The summed E-state index contributed by atoms with van der Waals surface area (Å²) in [5.41, 5.74) is 5.75. The van der Waals surface area contributed by atoms with Gasteiger partial charge in [-0.1, -0.05) is 41.5 Å². The number of halogens is 1. The number of ether oxygens (including phenoxy) is 1. The second kappa shape index (κ2) is 8.95. The molecule has 2 aromatic carbocycles. The van der Waals surface area contributed by atoms with Gasteiger partial charge in [0.05, 0.1) is 12.2 Å². The molecule has 0 radical (unpaired) electrons. The van der Waals surface area contributed by atoms with Crippen LogP contribution in [0, 0.1) is 0 Å². The number of aromatic nitrogens is 4. The summed E-state index contributed by atoms with van der Waals surface area (Å²) in [5, 5.41) is 11.7. The number of hydrogen-bond donors (Lipinski definition) is 1. The Bertz CT molecular complexity index is 1210. The van der Waals surface area contributed by atoms with Gasteiger partial charge in [-0.25, -0.2) is 9.18 Å². The molecule has 182 valence electrons. The quantitative estimate of drug-likeness (QED) is 0.525. The lowest BCUT2D eigenvalue weighted by atomic mass is 9.90. The number of nitrogens with zero attached hydrogens (tertiary/aromatic N) is 7. The SMILES string of the molecule is CC(C(N)=O)(C1CN(c2ccccc2)C(=O)O1)N1CCN(c2nnnn2-c2ccccc2)C(F)C1. The van der Waals surface area contributed by atoms with E-state index in [2.05, 4.69) is 15.5 Å². The highest BCUT2D eigenvalue weighted by Gasteiger charge is 2.53. The van der Waals surface area contributed by atoms with E-state index < -0.39 is 29.9 Å². The molecule has 0 saturated carbocycles. The summed E-state index contributed by atoms with van der Waals surface area (Å²) < 4.78 is 22.6. The zero-order valence-electron chi connectivity index (χ0n) is 19.1. The predicted molar refractivity (Wildman–Crippen MR) is 125 cm³/mol. The minimum absolute atomic E-state index is 0.117. The topological polar surface area (TPSA) is 123 Å². The number of tetrazole rings is 1. The van der Waals surface area contributed by atoms with E-state index in [4.69, 9.17) is 10.5 Å². The molecule has 0 aliphatic carbocycles. The summed E-state index contributed by atoms with van der Waals surface area (Å²) in [6, 6.07) is 18.2. The lowest BCUT2D eigenvalue weighted by molar-refractivity contribution is -0.137. The fraction of sp³-hybridized carbons (Fsp3) is 0.348. The maximum atomic E-state index is 15.6. The number of hydrogen-bond acceptors (Lipinski definition) is 8. The summed E-state index contributed by atoms with van der Waals surface area (Å²) in [6.07, 6.45) is -2.98. The maximum absolute atomic E-state index is 15.6. The number of rotatable bonds is 6. The molecular formula is C23H25FN8O3. The molecule has 11 nitrogen and oxygen atoms in total. The highest BCUT2D eigenvalue weighted by atomic mass is 19.1. The molecule has 2 amide bonds. The minimum Gasteiger partial charge on any atom is -0.441 e. The molecule has 0 spiro atoms. The highest BCUT2D eigenvalue weighted by molar-refractivity contribution is 5.92. The summed E-state index contributed by atoms with van der Waals surface area (Å²) >= 11 is 0. The Hall–Kier alpha value is -4.06. The van der Waals surface area contributed by atoms with Crippen molar-refractivity contribution in [1.82, 2.24) is 25.1 Å². The highest BCUT2D eigenvalue weighted by Crippen LogP contribution is 2.33. The lowest BCUT2D eigenvalue weighted by Gasteiger charge is -2.46. The standard InChI is InChI=1S/C23H25FN8O3/c1-23(20(25)33,18-14-31(22(34)35-18)16-8-4-2-5-9-16)29-12-13-30(19(24)15-29)21-26-27-28-32(21)17-10-6-3-7-11-17/h2-11,18-19H,12-15H2,1H3,(H2,25,33). The molecule has 2 N–H and O–H groups in total. The Kier molecular flexibility index (Phi) is 5.81. The zero-order valence-corrected chi connectivity index (χ0v) is 19.1. The van der Waals surface area contributed by atoms with Crippen molar-refractivity contribution in [3.63, 3.8) is 0 Å². The molecule has 0 bridgehead atoms. The first-order valence-electron chi connectivity index (χ1n) is 11.2. The van der Waals surface area contributed by atoms with Gasteiger partial charge in [0.1, 0.15) is 11.6 Å². The molecule has 2 fully saturated rings. The maximum Gasteiger partial charge on any atom is 0.414 e. The molecule has 12 heteroatoms. The van der Waals surface area contributed by atoms with Crippen LogP contribution in [0.3, 0.4) is 0 Å². The van der Waals surface area contributed by atoms with Crippen LogP contribution in [0.15, 0.2) is 60.7 Å². The number of carbonyl (C=O) groups excluding carboxylic acids is 2. The summed E-state index contributed by atoms with van der Waals surface area (Å²) in [4.78, 5) is 29.9. The van der Waals surface area contributed by atoms with Crippen LogP contribution in [0.5, 0.6) is 0 Å². The van der Waals surface area contributed by atoms with Gasteiger partial charge in [0.2, 0.25) is 5.91 Å². The number of alkyl halides is 1. The van der Waals surface area contributed by atoms with E-state index in [1.54, 1.807) is 36.1 Å². The van der Waals surface area contributed by atoms with Crippen LogP contribution in [0.1, 0.15) is 6.92 Å². The average molecular weight is 481 g/mol. The number of para-hydroxylation sites is 2. The van der Waals surface area contributed by atoms with Crippen molar-refractivity contribution in [2.24, 2.45) is 5.73 Å². The van der Waals surface area contributed by atoms with E-state index in [0.717, 1.165) is 0 Å². The number of anilines is 2. The molecule has 3 aromatic rings. The molecule has 5 rings (SSSR count). The first-order chi connectivity index (χ1) is 16.9. The minimum atomic E-state index is -1.53. The number of nitrogens with two attached hydrogens (primary N) is 1. The number of primary amides is 1. The number of amides is 2. The number of benzene rings is 2. The van der Waals surface area contributed by atoms with Crippen molar-refractivity contribution in [2.45, 2.75) is 24.9 Å². The van der Waals surface area contributed by atoms with Gasteiger partial charge in [0, 0.05) is 25.3 Å². The average Bonchev–Trinajstić information content (AvgIpc) is 3.51. The van der Waals surface area contributed by atoms with Crippen molar-refractivity contribution >= 4 is 23.6 Å². The van der Waals surface area contributed by atoms with Gasteiger partial charge >= 0.3 is 6.09 Å². The summed E-state index contributed by atoms with van der Waals surface area (Å²) in [7, 11) is 0. The van der Waals surface area contributed by atoms with Crippen molar-refractivity contribution in [1.29, 1.82) is 0 Å². The van der Waals surface area contributed by atoms with E-state index in [0.29, 0.717) is 11.4 Å². The monoisotopic (exact) mass is 480 g/mol.